The zero-order chi connectivity index (χ0) is 11.3. The molecule has 1 aromatic rings. The summed E-state index contributed by atoms with van der Waals surface area (Å²) in [6, 6.07) is 7.28. The molecule has 0 amide bonds. The van der Waals surface area contributed by atoms with Gasteiger partial charge in [0.15, 0.2) is 0 Å². The Bertz CT molecular complexity index is 314. The molecule has 15 heavy (non-hydrogen) atoms. The van der Waals surface area contributed by atoms with Crippen LogP contribution < -0.4 is 9.47 Å². The summed E-state index contributed by atoms with van der Waals surface area (Å²) in [5.74, 6) is 1.53. The lowest BCUT2D eigenvalue weighted by atomic mass is 9.98. The third-order valence-corrected chi connectivity index (χ3v) is 1.99. The topological polar surface area (TPSA) is 35.5 Å². The maximum Gasteiger partial charge on any atom is 0.128 e. The van der Waals surface area contributed by atoms with Crippen LogP contribution in [0.25, 0.3) is 0 Å². The minimum Gasteiger partial charge on any atom is -0.497 e. The molecule has 0 atom stereocenters. The van der Waals surface area contributed by atoms with Crippen molar-refractivity contribution in [1.29, 1.82) is 0 Å². The number of hydrogen-bond donors (Lipinski definition) is 0. The van der Waals surface area contributed by atoms with Gasteiger partial charge in [0.05, 0.1) is 19.1 Å². The largest absolute Gasteiger partial charge is 0.497 e. The summed E-state index contributed by atoms with van der Waals surface area (Å²) < 4.78 is 10.5. The molecule has 0 saturated carbocycles. The summed E-state index contributed by atoms with van der Waals surface area (Å²) in [5, 5.41) is 0. The summed E-state index contributed by atoms with van der Waals surface area (Å²) in [7, 11) is 1.62. The number of aldehydes is 1. The van der Waals surface area contributed by atoms with Crippen LogP contribution in [0.3, 0.4) is 0 Å². The molecule has 0 aliphatic rings. The first-order valence-corrected chi connectivity index (χ1v) is 4.80. The highest BCUT2D eigenvalue weighted by Gasteiger charge is 2.17. The normalized spacial score (nSPS) is 10.9. The Morgan fingerprint density at radius 3 is 2.20 bits per heavy atom. The quantitative estimate of drug-likeness (QED) is 0.696. The van der Waals surface area contributed by atoms with Gasteiger partial charge in [0.2, 0.25) is 0 Å². The van der Waals surface area contributed by atoms with Crippen molar-refractivity contribution in [2.45, 2.75) is 13.8 Å². The van der Waals surface area contributed by atoms with E-state index in [0.717, 1.165) is 17.8 Å². The van der Waals surface area contributed by atoms with Crippen molar-refractivity contribution in [2.75, 3.05) is 13.7 Å². The van der Waals surface area contributed by atoms with Gasteiger partial charge in [-0.15, -0.1) is 0 Å². The first kappa shape index (κ1) is 11.6. The van der Waals surface area contributed by atoms with Gasteiger partial charge in [-0.25, -0.2) is 0 Å². The minimum absolute atomic E-state index is 0.378. The van der Waals surface area contributed by atoms with Crippen molar-refractivity contribution in [3.8, 4) is 11.5 Å². The van der Waals surface area contributed by atoms with Gasteiger partial charge >= 0.3 is 0 Å². The molecule has 1 rings (SSSR count). The molecule has 0 radical (unpaired) electrons. The Morgan fingerprint density at radius 1 is 1.20 bits per heavy atom. The van der Waals surface area contributed by atoms with Crippen molar-refractivity contribution in [1.82, 2.24) is 0 Å². The summed E-state index contributed by atoms with van der Waals surface area (Å²) in [6.45, 7) is 4.05. The maximum atomic E-state index is 10.6. The van der Waals surface area contributed by atoms with Crippen LogP contribution in [-0.4, -0.2) is 20.0 Å². The standard InChI is InChI=1S/C12H16O3/c1-12(2,8-13)9-15-11-6-4-10(14-3)5-7-11/h4-8H,9H2,1-3H3. The summed E-state index contributed by atoms with van der Waals surface area (Å²) in [4.78, 5) is 10.6. The van der Waals surface area contributed by atoms with Crippen molar-refractivity contribution in [3.05, 3.63) is 24.3 Å². The lowest BCUT2D eigenvalue weighted by Gasteiger charge is -2.17. The molecule has 0 unspecified atom stereocenters. The fourth-order valence-electron chi connectivity index (χ4n) is 0.975. The summed E-state index contributed by atoms with van der Waals surface area (Å²) >= 11 is 0. The number of methoxy groups -OCH3 is 1. The monoisotopic (exact) mass is 208 g/mol. The lowest BCUT2D eigenvalue weighted by molar-refractivity contribution is -0.116. The van der Waals surface area contributed by atoms with Crippen molar-refractivity contribution in [3.63, 3.8) is 0 Å². The van der Waals surface area contributed by atoms with Crippen LogP contribution in [0, 0.1) is 5.41 Å². The number of benzene rings is 1. The second kappa shape index (κ2) is 4.82. The predicted molar refractivity (Wildman–Crippen MR) is 58.3 cm³/mol. The minimum atomic E-state index is -0.445. The zero-order valence-corrected chi connectivity index (χ0v) is 9.32. The molecule has 3 nitrogen and oxygen atoms in total. The molecular formula is C12H16O3. The maximum absolute atomic E-state index is 10.6. The van der Waals surface area contributed by atoms with E-state index in [0.29, 0.717) is 6.61 Å². The molecule has 1 aromatic carbocycles. The molecule has 82 valence electrons. The molecule has 3 heteroatoms. The van der Waals surface area contributed by atoms with Crippen molar-refractivity contribution in [2.24, 2.45) is 5.41 Å². The van der Waals surface area contributed by atoms with E-state index in [2.05, 4.69) is 0 Å². The van der Waals surface area contributed by atoms with Crippen LogP contribution in [-0.2, 0) is 4.79 Å². The third-order valence-electron chi connectivity index (χ3n) is 1.99. The second-order valence-electron chi connectivity index (χ2n) is 4.07. The van der Waals surface area contributed by atoms with E-state index in [1.54, 1.807) is 7.11 Å². The number of carbonyl (C=O) groups excluding carboxylic acids is 1. The third kappa shape index (κ3) is 3.62. The number of rotatable bonds is 5. The predicted octanol–water partition coefficient (Wildman–Crippen LogP) is 2.30. The molecule has 0 aliphatic heterocycles. The first-order valence-electron chi connectivity index (χ1n) is 4.80. The molecule has 0 bridgehead atoms. The molecule has 0 aliphatic carbocycles. The van der Waals surface area contributed by atoms with Gasteiger partial charge < -0.3 is 14.3 Å². The Balaban J connectivity index is 2.54. The van der Waals surface area contributed by atoms with Crippen LogP contribution in [0.5, 0.6) is 11.5 Å². The van der Waals surface area contributed by atoms with Gasteiger partial charge in [-0.2, -0.15) is 0 Å². The highest BCUT2D eigenvalue weighted by atomic mass is 16.5. The summed E-state index contributed by atoms with van der Waals surface area (Å²) in [5.41, 5.74) is -0.445. The van der Waals surface area contributed by atoms with E-state index < -0.39 is 5.41 Å². The average molecular weight is 208 g/mol. The van der Waals surface area contributed by atoms with Gasteiger partial charge in [-0.3, -0.25) is 0 Å². The SMILES string of the molecule is COc1ccc(OCC(C)(C)C=O)cc1. The lowest BCUT2D eigenvalue weighted by Crippen LogP contribution is -2.22. The van der Waals surface area contributed by atoms with Crippen molar-refractivity contribution < 1.29 is 14.3 Å². The first-order chi connectivity index (χ1) is 7.07. The summed E-state index contributed by atoms with van der Waals surface area (Å²) in [6.07, 6.45) is 0.899. The van der Waals surface area contributed by atoms with E-state index in [-0.39, 0.29) is 0 Å². The molecular weight excluding hydrogens is 192 g/mol. The van der Waals surface area contributed by atoms with E-state index in [9.17, 15) is 4.79 Å². The van der Waals surface area contributed by atoms with Crippen molar-refractivity contribution >= 4 is 6.29 Å². The Hall–Kier alpha value is -1.51. The number of ether oxygens (including phenoxy) is 2. The number of carbonyl (C=O) groups is 1. The van der Waals surface area contributed by atoms with Gasteiger partial charge in [0.25, 0.3) is 0 Å². The van der Waals surface area contributed by atoms with Crippen LogP contribution in [0.1, 0.15) is 13.8 Å². The second-order valence-corrected chi connectivity index (χ2v) is 4.07. The highest BCUT2D eigenvalue weighted by Crippen LogP contribution is 2.19. The van der Waals surface area contributed by atoms with Gasteiger partial charge in [0.1, 0.15) is 17.8 Å². The molecule has 0 heterocycles. The van der Waals surface area contributed by atoms with E-state index in [4.69, 9.17) is 9.47 Å². The molecule has 0 fully saturated rings. The zero-order valence-electron chi connectivity index (χ0n) is 9.32. The molecule has 0 aromatic heterocycles. The molecule has 0 spiro atoms. The Kier molecular flexibility index (Phi) is 3.72. The van der Waals surface area contributed by atoms with Crippen LogP contribution >= 0.6 is 0 Å². The van der Waals surface area contributed by atoms with E-state index in [1.807, 2.05) is 38.1 Å². The average Bonchev–Trinajstić information content (AvgIpc) is 2.27. The fraction of sp³-hybridized carbons (Fsp3) is 0.417. The van der Waals surface area contributed by atoms with Crippen LogP contribution in [0.15, 0.2) is 24.3 Å². The fourth-order valence-corrected chi connectivity index (χ4v) is 0.975. The molecule has 0 saturated heterocycles. The highest BCUT2D eigenvalue weighted by molar-refractivity contribution is 5.58. The smallest absolute Gasteiger partial charge is 0.128 e. The van der Waals surface area contributed by atoms with Gasteiger partial charge in [0, 0.05) is 0 Å². The number of hydrogen-bond acceptors (Lipinski definition) is 3. The Morgan fingerprint density at radius 2 is 1.73 bits per heavy atom. The van der Waals surface area contributed by atoms with E-state index >= 15 is 0 Å². The van der Waals surface area contributed by atoms with Crippen LogP contribution in [0.2, 0.25) is 0 Å². The van der Waals surface area contributed by atoms with Crippen LogP contribution in [0.4, 0.5) is 0 Å². The van der Waals surface area contributed by atoms with Gasteiger partial charge in [-0.05, 0) is 38.1 Å². The molecule has 0 N–H and O–H groups in total. The van der Waals surface area contributed by atoms with Gasteiger partial charge in [-0.1, -0.05) is 0 Å². The Labute approximate surface area is 90.0 Å². The van der Waals surface area contributed by atoms with E-state index in [1.165, 1.54) is 0 Å².